The lowest BCUT2D eigenvalue weighted by Gasteiger charge is -2.41. The highest BCUT2D eigenvalue weighted by Crippen LogP contribution is 2.31. The van der Waals surface area contributed by atoms with Gasteiger partial charge in [0.2, 0.25) is 0 Å². The Bertz CT molecular complexity index is 406. The van der Waals surface area contributed by atoms with Crippen LogP contribution in [-0.2, 0) is 0 Å². The molecule has 0 amide bonds. The molecule has 1 aliphatic heterocycles. The fourth-order valence-corrected chi connectivity index (χ4v) is 1.83. The second-order valence-corrected chi connectivity index (χ2v) is 3.77. The van der Waals surface area contributed by atoms with Crippen LogP contribution in [0.25, 0.3) is 0 Å². The zero-order valence-corrected chi connectivity index (χ0v) is 8.40. The Morgan fingerprint density at radius 2 is 2.33 bits per heavy atom. The second kappa shape index (κ2) is 3.53. The van der Waals surface area contributed by atoms with Gasteiger partial charge in [0, 0.05) is 12.6 Å². The fraction of sp³-hybridized carbons (Fsp3) is 0.364. The van der Waals surface area contributed by atoms with Crippen LogP contribution in [-0.4, -0.2) is 23.7 Å². The molecule has 0 spiro atoms. The Hall–Kier alpha value is -1.58. The lowest BCUT2D eigenvalue weighted by atomic mass is 10.0. The first kappa shape index (κ1) is 9.96. The number of carboxylic acid groups (broad SMARTS) is 1. The van der Waals surface area contributed by atoms with Gasteiger partial charge in [0.15, 0.2) is 0 Å². The third kappa shape index (κ3) is 1.56. The monoisotopic (exact) mass is 209 g/mol. The first-order valence-electron chi connectivity index (χ1n) is 4.89. The van der Waals surface area contributed by atoms with Gasteiger partial charge in [0.05, 0.1) is 11.3 Å². The van der Waals surface area contributed by atoms with Crippen LogP contribution >= 0.6 is 0 Å². The third-order valence-corrected chi connectivity index (χ3v) is 2.82. The fourth-order valence-electron chi connectivity index (χ4n) is 1.83. The summed E-state index contributed by atoms with van der Waals surface area (Å²) >= 11 is 0. The number of benzene rings is 1. The van der Waals surface area contributed by atoms with Crippen LogP contribution in [0.3, 0.4) is 0 Å². The molecule has 0 aromatic heterocycles. The zero-order chi connectivity index (χ0) is 11.0. The van der Waals surface area contributed by atoms with Crippen LogP contribution in [0, 0.1) is 5.82 Å². The van der Waals surface area contributed by atoms with Crippen LogP contribution < -0.4 is 4.90 Å². The molecule has 4 heteroatoms. The first-order chi connectivity index (χ1) is 7.11. The summed E-state index contributed by atoms with van der Waals surface area (Å²) < 4.78 is 13.6. The Balaban J connectivity index is 2.47. The van der Waals surface area contributed by atoms with E-state index >= 15 is 0 Å². The molecular formula is C11H12FNO2. The summed E-state index contributed by atoms with van der Waals surface area (Å²) in [5.41, 5.74) is 0.269. The predicted octanol–water partition coefficient (Wildman–Crippen LogP) is 2.12. The van der Waals surface area contributed by atoms with Crippen molar-refractivity contribution in [2.45, 2.75) is 19.4 Å². The van der Waals surface area contributed by atoms with E-state index in [1.54, 1.807) is 4.90 Å². The lowest BCUT2D eigenvalue weighted by molar-refractivity contribution is 0.0696. The van der Waals surface area contributed by atoms with Gasteiger partial charge in [-0.25, -0.2) is 9.18 Å². The highest BCUT2D eigenvalue weighted by molar-refractivity contribution is 5.94. The van der Waals surface area contributed by atoms with Crippen molar-refractivity contribution in [2.24, 2.45) is 0 Å². The topological polar surface area (TPSA) is 40.5 Å². The summed E-state index contributed by atoms with van der Waals surface area (Å²) in [7, 11) is 0. The summed E-state index contributed by atoms with van der Waals surface area (Å²) in [5, 5.41) is 8.95. The van der Waals surface area contributed by atoms with Crippen molar-refractivity contribution < 1.29 is 14.3 Å². The molecule has 0 aliphatic carbocycles. The smallest absolute Gasteiger partial charge is 0.337 e. The van der Waals surface area contributed by atoms with Crippen LogP contribution in [0.5, 0.6) is 0 Å². The molecule has 0 bridgehead atoms. The summed E-state index contributed by atoms with van der Waals surface area (Å²) in [6.45, 7) is 2.68. The summed E-state index contributed by atoms with van der Waals surface area (Å²) in [4.78, 5) is 12.7. The predicted molar refractivity (Wildman–Crippen MR) is 54.8 cm³/mol. The number of nitrogens with zero attached hydrogens (tertiary/aromatic N) is 1. The molecule has 1 aromatic rings. The molecule has 1 N–H and O–H groups in total. The number of aromatic carboxylic acids is 1. The average Bonchev–Trinajstić information content (AvgIpc) is 2.18. The maximum absolute atomic E-state index is 13.6. The quantitative estimate of drug-likeness (QED) is 0.811. The van der Waals surface area contributed by atoms with Crippen molar-refractivity contribution >= 4 is 11.7 Å². The highest BCUT2D eigenvalue weighted by Gasteiger charge is 2.29. The van der Waals surface area contributed by atoms with Crippen LogP contribution in [0.15, 0.2) is 18.2 Å². The minimum atomic E-state index is -1.08. The van der Waals surface area contributed by atoms with Crippen LogP contribution in [0.1, 0.15) is 23.7 Å². The van der Waals surface area contributed by atoms with Gasteiger partial charge in [-0.1, -0.05) is 6.07 Å². The Morgan fingerprint density at radius 3 is 2.80 bits per heavy atom. The molecule has 1 aromatic carbocycles. The van der Waals surface area contributed by atoms with Crippen molar-refractivity contribution in [3.8, 4) is 0 Å². The van der Waals surface area contributed by atoms with E-state index in [-0.39, 0.29) is 17.3 Å². The van der Waals surface area contributed by atoms with E-state index in [9.17, 15) is 9.18 Å². The number of carboxylic acids is 1. The molecule has 1 atom stereocenters. The molecular weight excluding hydrogens is 197 g/mol. The van der Waals surface area contributed by atoms with Gasteiger partial charge in [0.25, 0.3) is 0 Å². The Morgan fingerprint density at radius 1 is 1.60 bits per heavy atom. The molecule has 80 valence electrons. The minimum Gasteiger partial charge on any atom is -0.478 e. The van der Waals surface area contributed by atoms with Crippen molar-refractivity contribution in [3.05, 3.63) is 29.6 Å². The van der Waals surface area contributed by atoms with E-state index in [2.05, 4.69) is 0 Å². The number of rotatable bonds is 2. The number of halogens is 1. The van der Waals surface area contributed by atoms with Crippen molar-refractivity contribution in [1.82, 2.24) is 0 Å². The summed E-state index contributed by atoms with van der Waals surface area (Å²) in [5.74, 6) is -1.54. The van der Waals surface area contributed by atoms with Crippen molar-refractivity contribution in [3.63, 3.8) is 0 Å². The molecule has 1 saturated heterocycles. The van der Waals surface area contributed by atoms with Gasteiger partial charge in [-0.15, -0.1) is 0 Å². The molecule has 1 unspecified atom stereocenters. The Kier molecular flexibility index (Phi) is 2.34. The van der Waals surface area contributed by atoms with Gasteiger partial charge in [-0.2, -0.15) is 0 Å². The maximum atomic E-state index is 13.6. The van der Waals surface area contributed by atoms with Gasteiger partial charge < -0.3 is 10.0 Å². The van der Waals surface area contributed by atoms with Crippen molar-refractivity contribution in [2.75, 3.05) is 11.4 Å². The SMILES string of the molecule is CC1CCN1c1c(F)cccc1C(=O)O. The molecule has 1 fully saturated rings. The number of para-hydroxylation sites is 1. The maximum Gasteiger partial charge on any atom is 0.337 e. The highest BCUT2D eigenvalue weighted by atomic mass is 19.1. The minimum absolute atomic E-state index is 0.0431. The Labute approximate surface area is 87.1 Å². The summed E-state index contributed by atoms with van der Waals surface area (Å²) in [6, 6.07) is 4.38. The molecule has 3 nitrogen and oxygen atoms in total. The van der Waals surface area contributed by atoms with E-state index in [1.165, 1.54) is 18.2 Å². The van der Waals surface area contributed by atoms with Crippen LogP contribution in [0.4, 0.5) is 10.1 Å². The molecule has 1 heterocycles. The number of hydrogen-bond donors (Lipinski definition) is 1. The average molecular weight is 209 g/mol. The lowest BCUT2D eigenvalue weighted by Crippen LogP contribution is -2.46. The molecule has 2 rings (SSSR count). The third-order valence-electron chi connectivity index (χ3n) is 2.82. The van der Waals surface area contributed by atoms with E-state index in [0.29, 0.717) is 0 Å². The largest absolute Gasteiger partial charge is 0.478 e. The second-order valence-electron chi connectivity index (χ2n) is 3.77. The standard InChI is InChI=1S/C11H12FNO2/c1-7-5-6-13(7)10-8(11(14)15)3-2-4-9(10)12/h2-4,7H,5-6H2,1H3,(H,14,15). The molecule has 15 heavy (non-hydrogen) atoms. The number of hydrogen-bond acceptors (Lipinski definition) is 2. The van der Waals surface area contributed by atoms with E-state index in [0.717, 1.165) is 13.0 Å². The molecule has 0 radical (unpaired) electrons. The van der Waals surface area contributed by atoms with Gasteiger partial charge in [-0.3, -0.25) is 0 Å². The van der Waals surface area contributed by atoms with Crippen molar-refractivity contribution in [1.29, 1.82) is 0 Å². The van der Waals surface area contributed by atoms with Crippen LogP contribution in [0.2, 0.25) is 0 Å². The molecule has 0 saturated carbocycles. The van der Waals surface area contributed by atoms with E-state index < -0.39 is 11.8 Å². The molecule has 1 aliphatic rings. The van der Waals surface area contributed by atoms with E-state index in [1.807, 2.05) is 6.92 Å². The number of carbonyl (C=O) groups is 1. The normalized spacial score (nSPS) is 19.9. The van der Waals surface area contributed by atoms with Gasteiger partial charge in [-0.05, 0) is 25.5 Å². The number of anilines is 1. The summed E-state index contributed by atoms with van der Waals surface area (Å²) in [6.07, 6.45) is 0.980. The first-order valence-corrected chi connectivity index (χ1v) is 4.89. The van der Waals surface area contributed by atoms with E-state index in [4.69, 9.17) is 5.11 Å². The van der Waals surface area contributed by atoms with Gasteiger partial charge in [0.1, 0.15) is 5.82 Å². The van der Waals surface area contributed by atoms with Gasteiger partial charge >= 0.3 is 5.97 Å². The zero-order valence-electron chi connectivity index (χ0n) is 8.40.